The van der Waals surface area contributed by atoms with E-state index in [4.69, 9.17) is 5.84 Å². The third-order valence-electron chi connectivity index (χ3n) is 3.72. The molecule has 2 atom stereocenters. The van der Waals surface area contributed by atoms with Gasteiger partial charge in [-0.05, 0) is 32.2 Å². The first-order valence-electron chi connectivity index (χ1n) is 6.22. The molecule has 0 aromatic carbocycles. The van der Waals surface area contributed by atoms with Gasteiger partial charge in [0.05, 0.1) is 18.1 Å². The molecule has 0 saturated carbocycles. The third kappa shape index (κ3) is 2.92. The highest BCUT2D eigenvalue weighted by Gasteiger charge is 2.24. The number of piperidine rings is 1. The number of nitrogens with two attached hydrogens (primary N) is 1. The molecule has 1 saturated heterocycles. The van der Waals surface area contributed by atoms with Gasteiger partial charge in [-0.1, -0.05) is 6.92 Å². The standard InChI is InChI=1S/C12H21N5/c1-9-4-3-5-17(10(9)2)8-11-6-15-12(16-13)7-14-11/h6-7,9-10H,3-5,8,13H2,1-2H3,(H,15,16). The zero-order chi connectivity index (χ0) is 12.3. The van der Waals surface area contributed by atoms with Crippen molar-refractivity contribution in [3.8, 4) is 0 Å². The van der Waals surface area contributed by atoms with Crippen molar-refractivity contribution in [3.05, 3.63) is 18.1 Å². The molecule has 0 spiro atoms. The van der Waals surface area contributed by atoms with Gasteiger partial charge in [0.2, 0.25) is 0 Å². The number of rotatable bonds is 3. The minimum atomic E-state index is 0.605. The van der Waals surface area contributed by atoms with Crippen LogP contribution in [0.25, 0.3) is 0 Å². The van der Waals surface area contributed by atoms with Crippen molar-refractivity contribution in [2.75, 3.05) is 12.0 Å². The Morgan fingerprint density at radius 2 is 2.24 bits per heavy atom. The van der Waals surface area contributed by atoms with Crippen molar-refractivity contribution < 1.29 is 0 Å². The third-order valence-corrected chi connectivity index (χ3v) is 3.72. The van der Waals surface area contributed by atoms with Gasteiger partial charge in [-0.25, -0.2) is 10.8 Å². The van der Waals surface area contributed by atoms with Crippen molar-refractivity contribution in [1.82, 2.24) is 14.9 Å². The molecular weight excluding hydrogens is 214 g/mol. The van der Waals surface area contributed by atoms with Crippen LogP contribution in [0.1, 0.15) is 32.4 Å². The largest absolute Gasteiger partial charge is 0.307 e. The lowest BCUT2D eigenvalue weighted by atomic mass is 9.92. The van der Waals surface area contributed by atoms with E-state index in [0.29, 0.717) is 11.9 Å². The van der Waals surface area contributed by atoms with Gasteiger partial charge in [0.25, 0.3) is 0 Å². The molecule has 17 heavy (non-hydrogen) atoms. The Bertz CT molecular complexity index is 350. The van der Waals surface area contributed by atoms with Gasteiger partial charge in [-0.2, -0.15) is 0 Å². The number of hydrogen-bond donors (Lipinski definition) is 2. The van der Waals surface area contributed by atoms with Crippen molar-refractivity contribution in [1.29, 1.82) is 0 Å². The van der Waals surface area contributed by atoms with E-state index in [1.165, 1.54) is 12.8 Å². The second-order valence-corrected chi connectivity index (χ2v) is 4.87. The highest BCUT2D eigenvalue weighted by Crippen LogP contribution is 2.23. The summed E-state index contributed by atoms with van der Waals surface area (Å²) in [7, 11) is 0. The highest BCUT2D eigenvalue weighted by molar-refractivity contribution is 5.28. The van der Waals surface area contributed by atoms with Crippen LogP contribution in [0.15, 0.2) is 12.4 Å². The van der Waals surface area contributed by atoms with E-state index in [9.17, 15) is 0 Å². The Balaban J connectivity index is 1.99. The summed E-state index contributed by atoms with van der Waals surface area (Å²) in [5.41, 5.74) is 3.49. The normalized spacial score (nSPS) is 25.8. The van der Waals surface area contributed by atoms with Gasteiger partial charge >= 0.3 is 0 Å². The van der Waals surface area contributed by atoms with E-state index >= 15 is 0 Å². The van der Waals surface area contributed by atoms with Gasteiger partial charge in [-0.3, -0.25) is 9.88 Å². The van der Waals surface area contributed by atoms with Crippen LogP contribution in [-0.2, 0) is 6.54 Å². The van der Waals surface area contributed by atoms with E-state index in [-0.39, 0.29) is 0 Å². The number of anilines is 1. The molecule has 0 aliphatic carbocycles. The Morgan fingerprint density at radius 1 is 1.41 bits per heavy atom. The fourth-order valence-electron chi connectivity index (χ4n) is 2.36. The van der Waals surface area contributed by atoms with Gasteiger partial charge in [0.1, 0.15) is 0 Å². The first kappa shape index (κ1) is 12.3. The lowest BCUT2D eigenvalue weighted by Gasteiger charge is -2.37. The number of hydrazine groups is 1. The Hall–Kier alpha value is -1.20. The van der Waals surface area contributed by atoms with Crippen molar-refractivity contribution in [3.63, 3.8) is 0 Å². The van der Waals surface area contributed by atoms with Crippen LogP contribution in [0.5, 0.6) is 0 Å². The van der Waals surface area contributed by atoms with Gasteiger partial charge in [0, 0.05) is 12.6 Å². The number of likely N-dealkylation sites (tertiary alicyclic amines) is 1. The van der Waals surface area contributed by atoms with Gasteiger partial charge in [0.15, 0.2) is 5.82 Å². The Kier molecular flexibility index (Phi) is 3.91. The molecule has 1 aliphatic rings. The molecule has 0 amide bonds. The van der Waals surface area contributed by atoms with Gasteiger partial charge < -0.3 is 5.43 Å². The Morgan fingerprint density at radius 3 is 2.88 bits per heavy atom. The summed E-state index contributed by atoms with van der Waals surface area (Å²) in [4.78, 5) is 11.0. The summed E-state index contributed by atoms with van der Waals surface area (Å²) in [6, 6.07) is 0.623. The maximum Gasteiger partial charge on any atom is 0.158 e. The van der Waals surface area contributed by atoms with E-state index in [2.05, 4.69) is 34.1 Å². The average Bonchev–Trinajstić information content (AvgIpc) is 2.36. The van der Waals surface area contributed by atoms with Crippen molar-refractivity contribution in [2.24, 2.45) is 11.8 Å². The zero-order valence-corrected chi connectivity index (χ0v) is 10.6. The minimum Gasteiger partial charge on any atom is -0.307 e. The quantitative estimate of drug-likeness (QED) is 0.612. The number of nitrogen functional groups attached to an aromatic ring is 1. The van der Waals surface area contributed by atoms with Crippen LogP contribution in [0.2, 0.25) is 0 Å². The van der Waals surface area contributed by atoms with E-state index < -0.39 is 0 Å². The van der Waals surface area contributed by atoms with Crippen molar-refractivity contribution in [2.45, 2.75) is 39.3 Å². The van der Waals surface area contributed by atoms with Crippen LogP contribution in [0, 0.1) is 5.92 Å². The summed E-state index contributed by atoms with van der Waals surface area (Å²) in [6.45, 7) is 6.66. The molecule has 3 N–H and O–H groups in total. The molecule has 1 aromatic heterocycles. The highest BCUT2D eigenvalue weighted by atomic mass is 15.3. The number of nitrogens with zero attached hydrogens (tertiary/aromatic N) is 3. The SMILES string of the molecule is CC1CCCN(Cc2cnc(NN)cn2)C1C. The molecular formula is C12H21N5. The first-order chi connectivity index (χ1) is 8.20. The molecule has 0 bridgehead atoms. The zero-order valence-electron chi connectivity index (χ0n) is 10.6. The number of hydrogen-bond acceptors (Lipinski definition) is 5. The Labute approximate surface area is 102 Å². The lowest BCUT2D eigenvalue weighted by molar-refractivity contribution is 0.105. The van der Waals surface area contributed by atoms with Crippen molar-refractivity contribution >= 4 is 5.82 Å². The number of nitrogens with one attached hydrogen (secondary N) is 1. The number of aromatic nitrogens is 2. The molecule has 1 fully saturated rings. The molecule has 2 unspecified atom stereocenters. The molecule has 2 heterocycles. The molecule has 5 heteroatoms. The van der Waals surface area contributed by atoms with Crippen LogP contribution < -0.4 is 11.3 Å². The summed E-state index contributed by atoms with van der Waals surface area (Å²) in [6.07, 6.45) is 6.08. The van der Waals surface area contributed by atoms with E-state index in [1.807, 2.05) is 0 Å². The lowest BCUT2D eigenvalue weighted by Crippen LogP contribution is -2.41. The molecule has 0 radical (unpaired) electrons. The average molecular weight is 235 g/mol. The minimum absolute atomic E-state index is 0.605. The molecule has 94 valence electrons. The first-order valence-corrected chi connectivity index (χ1v) is 6.22. The van der Waals surface area contributed by atoms with Gasteiger partial charge in [-0.15, -0.1) is 0 Å². The predicted octanol–water partition coefficient (Wildman–Crippen LogP) is 1.38. The van der Waals surface area contributed by atoms with Crippen LogP contribution >= 0.6 is 0 Å². The van der Waals surface area contributed by atoms with Crippen LogP contribution in [-0.4, -0.2) is 27.5 Å². The second-order valence-electron chi connectivity index (χ2n) is 4.87. The van der Waals surface area contributed by atoms with E-state index in [1.54, 1.807) is 12.4 Å². The predicted molar refractivity (Wildman–Crippen MR) is 68.1 cm³/mol. The summed E-state index contributed by atoms with van der Waals surface area (Å²) < 4.78 is 0. The fourth-order valence-corrected chi connectivity index (χ4v) is 2.36. The fraction of sp³-hybridized carbons (Fsp3) is 0.667. The van der Waals surface area contributed by atoms with E-state index in [0.717, 1.165) is 24.7 Å². The molecule has 1 aromatic rings. The maximum atomic E-state index is 5.26. The topological polar surface area (TPSA) is 67.1 Å². The second kappa shape index (κ2) is 5.42. The maximum absolute atomic E-state index is 5.26. The molecule has 1 aliphatic heterocycles. The smallest absolute Gasteiger partial charge is 0.158 e. The van der Waals surface area contributed by atoms with Crippen LogP contribution in [0.4, 0.5) is 5.82 Å². The molecule has 2 rings (SSSR count). The molecule has 5 nitrogen and oxygen atoms in total. The van der Waals surface area contributed by atoms with Crippen LogP contribution in [0.3, 0.4) is 0 Å². The summed E-state index contributed by atoms with van der Waals surface area (Å²) in [5.74, 6) is 6.63. The summed E-state index contributed by atoms with van der Waals surface area (Å²) in [5, 5.41) is 0. The summed E-state index contributed by atoms with van der Waals surface area (Å²) >= 11 is 0. The monoisotopic (exact) mass is 235 g/mol.